The van der Waals surface area contributed by atoms with Crippen molar-refractivity contribution in [2.75, 3.05) is 6.54 Å². The molecule has 0 fully saturated rings. The number of aromatic nitrogens is 2. The highest BCUT2D eigenvalue weighted by atomic mass is 32.2. The number of nitrogens with zero attached hydrogens (tertiary/aromatic N) is 2. The third-order valence-corrected chi connectivity index (χ3v) is 6.58. The van der Waals surface area contributed by atoms with E-state index in [2.05, 4.69) is 9.82 Å². The Morgan fingerprint density at radius 1 is 1.04 bits per heavy atom. The molecule has 0 saturated heterocycles. The zero-order valence-electron chi connectivity index (χ0n) is 16.5. The Kier molecular flexibility index (Phi) is 5.43. The Hall–Kier alpha value is -2.48. The molecular weight excluding hydrogens is 374 g/mol. The topological polar surface area (TPSA) is 84.2 Å². The van der Waals surface area contributed by atoms with E-state index in [0.717, 1.165) is 11.1 Å². The number of aliphatic hydroxyl groups is 1. The second-order valence-electron chi connectivity index (χ2n) is 7.17. The van der Waals surface area contributed by atoms with E-state index in [1.807, 2.05) is 54.6 Å². The molecule has 1 atom stereocenters. The summed E-state index contributed by atoms with van der Waals surface area (Å²) < 4.78 is 29.5. The van der Waals surface area contributed by atoms with Crippen LogP contribution in [0.5, 0.6) is 0 Å². The second kappa shape index (κ2) is 7.50. The smallest absolute Gasteiger partial charge is 0.244 e. The van der Waals surface area contributed by atoms with Crippen molar-refractivity contribution in [2.45, 2.75) is 31.3 Å². The van der Waals surface area contributed by atoms with E-state index >= 15 is 0 Å². The largest absolute Gasteiger partial charge is 0.384 e. The Morgan fingerprint density at radius 2 is 1.61 bits per heavy atom. The summed E-state index contributed by atoms with van der Waals surface area (Å²) in [7, 11) is -2.09. The fourth-order valence-electron chi connectivity index (χ4n) is 3.21. The van der Waals surface area contributed by atoms with E-state index in [-0.39, 0.29) is 11.4 Å². The van der Waals surface area contributed by atoms with Crippen LogP contribution < -0.4 is 4.72 Å². The molecular formula is C21H25N3O3S. The minimum atomic E-state index is -3.79. The van der Waals surface area contributed by atoms with E-state index in [4.69, 9.17) is 0 Å². The zero-order valence-corrected chi connectivity index (χ0v) is 17.3. The molecule has 0 amide bonds. The number of rotatable bonds is 6. The van der Waals surface area contributed by atoms with Crippen molar-refractivity contribution in [1.29, 1.82) is 0 Å². The maximum absolute atomic E-state index is 12.7. The van der Waals surface area contributed by atoms with Crippen molar-refractivity contribution in [2.24, 2.45) is 7.05 Å². The lowest BCUT2D eigenvalue weighted by atomic mass is 9.94. The van der Waals surface area contributed by atoms with Crippen LogP contribution in [-0.2, 0) is 22.7 Å². The van der Waals surface area contributed by atoms with Gasteiger partial charge < -0.3 is 5.11 Å². The molecule has 3 aromatic rings. The minimum Gasteiger partial charge on any atom is -0.384 e. The normalized spacial score (nSPS) is 14.0. The van der Waals surface area contributed by atoms with Gasteiger partial charge in [0.15, 0.2) is 0 Å². The Morgan fingerprint density at radius 3 is 2.14 bits per heavy atom. The van der Waals surface area contributed by atoms with E-state index in [9.17, 15) is 13.5 Å². The Bertz CT molecular complexity index is 1070. The summed E-state index contributed by atoms with van der Waals surface area (Å²) >= 11 is 0. The van der Waals surface area contributed by atoms with Crippen LogP contribution in [0, 0.1) is 13.8 Å². The average molecular weight is 400 g/mol. The molecule has 0 spiro atoms. The molecule has 3 rings (SSSR count). The van der Waals surface area contributed by atoms with Crippen LogP contribution in [0.25, 0.3) is 11.1 Å². The van der Waals surface area contributed by atoms with E-state index in [1.165, 1.54) is 4.68 Å². The lowest BCUT2D eigenvalue weighted by Gasteiger charge is -2.24. The van der Waals surface area contributed by atoms with Gasteiger partial charge >= 0.3 is 0 Å². The number of hydrogen-bond donors (Lipinski definition) is 2. The fourth-order valence-corrected chi connectivity index (χ4v) is 4.77. The first-order valence-electron chi connectivity index (χ1n) is 9.00. The first kappa shape index (κ1) is 20.3. The lowest BCUT2D eigenvalue weighted by Crippen LogP contribution is -2.38. The second-order valence-corrected chi connectivity index (χ2v) is 8.87. The van der Waals surface area contributed by atoms with Crippen LogP contribution in [0.3, 0.4) is 0 Å². The summed E-state index contributed by atoms with van der Waals surface area (Å²) in [6.45, 7) is 4.81. The summed E-state index contributed by atoms with van der Waals surface area (Å²) in [6.07, 6.45) is 0. The van der Waals surface area contributed by atoms with Crippen molar-refractivity contribution >= 4 is 10.0 Å². The van der Waals surface area contributed by atoms with Crippen molar-refractivity contribution < 1.29 is 13.5 Å². The number of hydrogen-bond acceptors (Lipinski definition) is 4. The van der Waals surface area contributed by atoms with Gasteiger partial charge in [-0.2, -0.15) is 5.10 Å². The van der Waals surface area contributed by atoms with Crippen LogP contribution in [0.1, 0.15) is 23.9 Å². The van der Waals surface area contributed by atoms with Gasteiger partial charge in [0, 0.05) is 13.6 Å². The molecule has 0 saturated carbocycles. The number of benzene rings is 2. The Balaban J connectivity index is 1.78. The molecule has 6 nitrogen and oxygen atoms in total. The van der Waals surface area contributed by atoms with Crippen LogP contribution in [-0.4, -0.2) is 29.8 Å². The molecule has 7 heteroatoms. The highest BCUT2D eigenvalue weighted by Crippen LogP contribution is 2.26. The molecule has 148 valence electrons. The van der Waals surface area contributed by atoms with Gasteiger partial charge in [0.05, 0.1) is 11.4 Å². The predicted octanol–water partition coefficient (Wildman–Crippen LogP) is 2.89. The molecule has 0 bridgehead atoms. The van der Waals surface area contributed by atoms with Crippen molar-refractivity contribution in [1.82, 2.24) is 14.5 Å². The third-order valence-electron chi connectivity index (χ3n) is 4.93. The maximum atomic E-state index is 12.7. The van der Waals surface area contributed by atoms with Crippen LogP contribution >= 0.6 is 0 Å². The Labute approximate surface area is 165 Å². The molecule has 0 aliphatic rings. The van der Waals surface area contributed by atoms with Crippen molar-refractivity contribution in [3.8, 4) is 11.1 Å². The van der Waals surface area contributed by atoms with Gasteiger partial charge in [0.1, 0.15) is 10.5 Å². The summed E-state index contributed by atoms with van der Waals surface area (Å²) in [4.78, 5) is 0.158. The molecule has 1 aromatic heterocycles. The minimum absolute atomic E-state index is 0.145. The summed E-state index contributed by atoms with van der Waals surface area (Å²) in [5.74, 6) is 0. The number of aryl methyl sites for hydroxylation is 2. The molecule has 0 aliphatic heterocycles. The molecule has 0 unspecified atom stereocenters. The third kappa shape index (κ3) is 4.01. The molecule has 0 aliphatic carbocycles. The zero-order chi connectivity index (χ0) is 20.5. The van der Waals surface area contributed by atoms with E-state index in [0.29, 0.717) is 17.0 Å². The summed E-state index contributed by atoms with van der Waals surface area (Å²) in [5.41, 5.74) is 2.37. The quantitative estimate of drug-likeness (QED) is 0.668. The SMILES string of the molecule is Cc1nn(C)c(C)c1S(=O)(=O)NC[C@@](C)(O)c1ccc(-c2ccccc2)cc1. The molecule has 2 aromatic carbocycles. The standard InChI is InChI=1S/C21H25N3O3S/c1-15-20(16(2)24(4)23-15)28(26,27)22-14-21(3,25)19-12-10-18(11-13-19)17-8-6-5-7-9-17/h5-13,22,25H,14H2,1-4H3/t21-/m1/s1. The van der Waals surface area contributed by atoms with Crippen molar-refractivity contribution in [3.05, 3.63) is 71.5 Å². The summed E-state index contributed by atoms with van der Waals surface area (Å²) in [5, 5.41) is 15.0. The van der Waals surface area contributed by atoms with Crippen molar-refractivity contribution in [3.63, 3.8) is 0 Å². The monoisotopic (exact) mass is 399 g/mol. The number of nitrogens with one attached hydrogen (secondary N) is 1. The molecule has 2 N–H and O–H groups in total. The highest BCUT2D eigenvalue weighted by Gasteiger charge is 2.29. The van der Waals surface area contributed by atoms with Gasteiger partial charge in [-0.05, 0) is 37.5 Å². The van der Waals surface area contributed by atoms with E-state index < -0.39 is 15.6 Å². The van der Waals surface area contributed by atoms with Gasteiger partial charge in [-0.1, -0.05) is 54.6 Å². The van der Waals surface area contributed by atoms with E-state index in [1.54, 1.807) is 27.8 Å². The number of sulfonamides is 1. The summed E-state index contributed by atoms with van der Waals surface area (Å²) in [6, 6.07) is 17.4. The first-order chi connectivity index (χ1) is 13.1. The fraction of sp³-hybridized carbons (Fsp3) is 0.286. The van der Waals surface area contributed by atoms with Gasteiger partial charge in [0.2, 0.25) is 10.0 Å². The molecule has 1 heterocycles. The van der Waals surface area contributed by atoms with Crippen LogP contribution in [0.15, 0.2) is 59.5 Å². The maximum Gasteiger partial charge on any atom is 0.244 e. The first-order valence-corrected chi connectivity index (χ1v) is 10.5. The van der Waals surface area contributed by atoms with Gasteiger partial charge in [-0.15, -0.1) is 0 Å². The molecule has 28 heavy (non-hydrogen) atoms. The van der Waals surface area contributed by atoms with Gasteiger partial charge in [-0.3, -0.25) is 4.68 Å². The lowest BCUT2D eigenvalue weighted by molar-refractivity contribution is 0.0627. The average Bonchev–Trinajstić information content (AvgIpc) is 2.93. The predicted molar refractivity (Wildman–Crippen MR) is 109 cm³/mol. The van der Waals surface area contributed by atoms with Gasteiger partial charge in [0.25, 0.3) is 0 Å². The van der Waals surface area contributed by atoms with Crippen LogP contribution in [0.2, 0.25) is 0 Å². The highest BCUT2D eigenvalue weighted by molar-refractivity contribution is 7.89. The van der Waals surface area contributed by atoms with Gasteiger partial charge in [-0.25, -0.2) is 13.1 Å². The molecule has 0 radical (unpaired) electrons. The van der Waals surface area contributed by atoms with Crippen LogP contribution in [0.4, 0.5) is 0 Å².